The molecule has 0 spiro atoms. The molecule has 0 saturated carbocycles. The smallest absolute Gasteiger partial charge is 0.416 e. The highest BCUT2D eigenvalue weighted by Gasteiger charge is 2.32. The van der Waals surface area contributed by atoms with Crippen LogP contribution in [-0.2, 0) is 11.3 Å². The first-order valence-electron chi connectivity index (χ1n) is 9.56. The number of hydrogen-bond acceptors (Lipinski definition) is 4. The molecule has 1 aliphatic carbocycles. The average Bonchev–Trinajstić information content (AvgIpc) is 3.32. The van der Waals surface area contributed by atoms with Crippen LogP contribution in [0.4, 0.5) is 10.7 Å². The van der Waals surface area contributed by atoms with Crippen molar-refractivity contribution in [1.82, 2.24) is 9.55 Å². The Hall–Kier alpha value is -3.61. The summed E-state index contributed by atoms with van der Waals surface area (Å²) in [5, 5.41) is 9.29. The summed E-state index contributed by atoms with van der Waals surface area (Å²) < 4.78 is 7.24. The van der Waals surface area contributed by atoms with Crippen molar-refractivity contribution in [2.24, 2.45) is 0 Å². The van der Waals surface area contributed by atoms with Crippen LogP contribution in [0.25, 0.3) is 11.1 Å². The molecule has 0 bridgehead atoms. The number of carboxylic acid groups (broad SMARTS) is 1. The third kappa shape index (κ3) is 2.77. The molecular formula is C22H19N3O4. The Bertz CT molecular complexity index is 1080. The maximum atomic E-state index is 12.8. The number of anilines is 1. The van der Waals surface area contributed by atoms with Crippen LogP contribution in [0.2, 0.25) is 0 Å². The lowest BCUT2D eigenvalue weighted by Gasteiger charge is -2.27. The summed E-state index contributed by atoms with van der Waals surface area (Å²) >= 11 is 0. The number of carboxylic acids is 1. The van der Waals surface area contributed by atoms with Crippen molar-refractivity contribution < 1.29 is 19.4 Å². The molecule has 1 aromatic heterocycles. The van der Waals surface area contributed by atoms with Gasteiger partial charge in [-0.1, -0.05) is 48.5 Å². The van der Waals surface area contributed by atoms with Gasteiger partial charge in [-0.25, -0.2) is 19.5 Å². The highest BCUT2D eigenvalue weighted by Crippen LogP contribution is 2.44. The summed E-state index contributed by atoms with van der Waals surface area (Å²) in [7, 11) is 0. The van der Waals surface area contributed by atoms with Gasteiger partial charge >= 0.3 is 12.1 Å². The molecule has 2 aliphatic rings. The van der Waals surface area contributed by atoms with E-state index in [2.05, 4.69) is 29.2 Å². The first-order chi connectivity index (χ1) is 14.1. The monoisotopic (exact) mass is 389 g/mol. The Balaban J connectivity index is 1.38. The van der Waals surface area contributed by atoms with Crippen molar-refractivity contribution in [1.29, 1.82) is 0 Å². The van der Waals surface area contributed by atoms with E-state index >= 15 is 0 Å². The van der Waals surface area contributed by atoms with Crippen molar-refractivity contribution in [2.75, 3.05) is 18.1 Å². The van der Waals surface area contributed by atoms with Crippen molar-refractivity contribution in [3.63, 3.8) is 0 Å². The van der Waals surface area contributed by atoms with Crippen LogP contribution in [-0.4, -0.2) is 39.9 Å². The number of aromatic nitrogens is 2. The molecule has 29 heavy (non-hydrogen) atoms. The SMILES string of the molecule is O=C(O)c1cnc2n1CCCN2C(=O)OCC1c2ccccc2-c2ccccc21. The number of ether oxygens (including phenoxy) is 1. The molecule has 1 amide bonds. The molecule has 7 nitrogen and oxygen atoms in total. The molecule has 2 heterocycles. The zero-order valence-electron chi connectivity index (χ0n) is 15.6. The summed E-state index contributed by atoms with van der Waals surface area (Å²) in [6, 6.07) is 16.3. The van der Waals surface area contributed by atoms with Gasteiger partial charge in [-0.05, 0) is 28.7 Å². The third-order valence-corrected chi connectivity index (χ3v) is 5.61. The van der Waals surface area contributed by atoms with Gasteiger partial charge in [-0.15, -0.1) is 0 Å². The minimum absolute atomic E-state index is 0.0227. The van der Waals surface area contributed by atoms with Crippen molar-refractivity contribution in [3.05, 3.63) is 71.5 Å². The number of benzene rings is 2. The summed E-state index contributed by atoms with van der Waals surface area (Å²) in [6.45, 7) is 1.19. The van der Waals surface area contributed by atoms with E-state index in [0.29, 0.717) is 25.5 Å². The highest BCUT2D eigenvalue weighted by molar-refractivity contribution is 5.90. The second kappa shape index (κ2) is 6.77. The van der Waals surface area contributed by atoms with E-state index < -0.39 is 12.1 Å². The molecule has 2 aromatic carbocycles. The van der Waals surface area contributed by atoms with E-state index in [-0.39, 0.29) is 18.2 Å². The number of rotatable bonds is 3. The molecule has 5 rings (SSSR count). The Labute approximate surface area is 167 Å². The molecule has 1 N–H and O–H groups in total. The van der Waals surface area contributed by atoms with Crippen molar-refractivity contribution >= 4 is 18.0 Å². The zero-order chi connectivity index (χ0) is 20.0. The van der Waals surface area contributed by atoms with Gasteiger partial charge in [0.25, 0.3) is 0 Å². The number of amides is 1. The largest absolute Gasteiger partial charge is 0.477 e. The summed E-state index contributed by atoms with van der Waals surface area (Å²) in [5.41, 5.74) is 4.72. The van der Waals surface area contributed by atoms with Crippen LogP contribution >= 0.6 is 0 Å². The number of carbonyl (C=O) groups excluding carboxylic acids is 1. The lowest BCUT2D eigenvalue weighted by molar-refractivity contribution is 0.0684. The quantitative estimate of drug-likeness (QED) is 0.738. The predicted octanol–water partition coefficient (Wildman–Crippen LogP) is 3.74. The fourth-order valence-electron chi connectivity index (χ4n) is 4.30. The molecule has 0 fully saturated rings. The maximum absolute atomic E-state index is 12.8. The maximum Gasteiger partial charge on any atom is 0.416 e. The summed E-state index contributed by atoms with van der Waals surface area (Å²) in [4.78, 5) is 29.7. The van der Waals surface area contributed by atoms with Crippen LogP contribution in [0.3, 0.4) is 0 Å². The van der Waals surface area contributed by atoms with E-state index in [0.717, 1.165) is 11.1 Å². The Morgan fingerprint density at radius 1 is 1.03 bits per heavy atom. The molecule has 7 heteroatoms. The van der Waals surface area contributed by atoms with Gasteiger partial charge < -0.3 is 14.4 Å². The van der Waals surface area contributed by atoms with Crippen molar-refractivity contribution in [2.45, 2.75) is 18.9 Å². The van der Waals surface area contributed by atoms with E-state index in [1.54, 1.807) is 4.57 Å². The molecule has 0 unspecified atom stereocenters. The topological polar surface area (TPSA) is 84.7 Å². The normalized spacial score (nSPS) is 14.8. The van der Waals surface area contributed by atoms with E-state index in [1.807, 2.05) is 24.3 Å². The fraction of sp³-hybridized carbons (Fsp3) is 0.227. The molecule has 146 valence electrons. The van der Waals surface area contributed by atoms with Crippen LogP contribution in [0.1, 0.15) is 34.0 Å². The van der Waals surface area contributed by atoms with Crippen LogP contribution < -0.4 is 4.90 Å². The first-order valence-corrected chi connectivity index (χ1v) is 9.56. The standard InChI is InChI=1S/C22H19N3O4/c26-20(27)19-12-23-21-24(19)10-5-11-25(21)22(28)29-13-18-16-8-3-1-6-14(16)15-7-2-4-9-17(15)18/h1-4,6-9,12,18H,5,10-11,13H2,(H,26,27). The number of imidazole rings is 1. The third-order valence-electron chi connectivity index (χ3n) is 5.61. The number of nitrogens with zero attached hydrogens (tertiary/aromatic N) is 3. The lowest BCUT2D eigenvalue weighted by Crippen LogP contribution is -2.39. The van der Waals surface area contributed by atoms with Crippen LogP contribution in [0.15, 0.2) is 54.7 Å². The second-order valence-corrected chi connectivity index (χ2v) is 7.21. The molecule has 0 saturated heterocycles. The zero-order valence-corrected chi connectivity index (χ0v) is 15.6. The van der Waals surface area contributed by atoms with Gasteiger partial charge in [0.1, 0.15) is 12.3 Å². The average molecular weight is 389 g/mol. The number of fused-ring (bicyclic) bond motifs is 4. The molecule has 1 aliphatic heterocycles. The number of hydrogen-bond donors (Lipinski definition) is 1. The van der Waals surface area contributed by atoms with Crippen molar-refractivity contribution in [3.8, 4) is 11.1 Å². The van der Waals surface area contributed by atoms with E-state index in [4.69, 9.17) is 4.74 Å². The van der Waals surface area contributed by atoms with E-state index in [1.165, 1.54) is 22.2 Å². The minimum Gasteiger partial charge on any atom is -0.477 e. The fourth-order valence-corrected chi connectivity index (χ4v) is 4.30. The molecule has 0 radical (unpaired) electrons. The highest BCUT2D eigenvalue weighted by atomic mass is 16.6. The number of carbonyl (C=O) groups is 2. The molecule has 3 aromatic rings. The summed E-state index contributed by atoms with van der Waals surface area (Å²) in [5.74, 6) is -0.755. The lowest BCUT2D eigenvalue weighted by atomic mass is 9.98. The minimum atomic E-state index is -1.06. The Morgan fingerprint density at radius 3 is 2.34 bits per heavy atom. The Morgan fingerprint density at radius 2 is 1.69 bits per heavy atom. The molecule has 0 atom stereocenters. The van der Waals surface area contributed by atoms with E-state index in [9.17, 15) is 14.7 Å². The number of aromatic carboxylic acids is 1. The van der Waals surface area contributed by atoms with Gasteiger partial charge in [0.2, 0.25) is 5.95 Å². The van der Waals surface area contributed by atoms with Crippen LogP contribution in [0, 0.1) is 0 Å². The summed E-state index contributed by atoms with van der Waals surface area (Å²) in [6.07, 6.45) is 1.43. The second-order valence-electron chi connectivity index (χ2n) is 7.21. The van der Waals surface area contributed by atoms with Gasteiger partial charge in [0, 0.05) is 19.0 Å². The van der Waals surface area contributed by atoms with Crippen LogP contribution in [0.5, 0.6) is 0 Å². The molecular weight excluding hydrogens is 370 g/mol. The van der Waals surface area contributed by atoms with Gasteiger partial charge in [-0.2, -0.15) is 0 Å². The first kappa shape index (κ1) is 17.5. The van der Waals surface area contributed by atoms with Gasteiger partial charge in [0.05, 0.1) is 6.20 Å². The van der Waals surface area contributed by atoms with Gasteiger partial charge in [-0.3, -0.25) is 0 Å². The van der Waals surface area contributed by atoms with Gasteiger partial charge in [0.15, 0.2) is 0 Å². The predicted molar refractivity (Wildman–Crippen MR) is 106 cm³/mol. The Kier molecular flexibility index (Phi) is 4.08.